The molecule has 2 aromatic heterocycles. The van der Waals surface area contributed by atoms with Gasteiger partial charge in [0, 0.05) is 28.6 Å². The summed E-state index contributed by atoms with van der Waals surface area (Å²) in [6, 6.07) is 14.1. The summed E-state index contributed by atoms with van der Waals surface area (Å²) in [6.07, 6.45) is 3.39. The van der Waals surface area contributed by atoms with E-state index in [1.54, 1.807) is 42.5 Å². The van der Waals surface area contributed by atoms with E-state index >= 15 is 0 Å². The number of amides is 3. The molecule has 0 aliphatic carbocycles. The molecular weight excluding hydrogens is 535 g/mol. The second-order valence-corrected chi connectivity index (χ2v) is 10.8. The molecule has 3 heterocycles. The predicted molar refractivity (Wildman–Crippen MR) is 152 cm³/mol. The number of fused-ring (bicyclic) bond motifs is 1. The van der Waals surface area contributed by atoms with E-state index in [-0.39, 0.29) is 17.9 Å². The van der Waals surface area contributed by atoms with E-state index < -0.39 is 11.8 Å². The molecule has 40 heavy (non-hydrogen) atoms. The molecule has 0 saturated carbocycles. The van der Waals surface area contributed by atoms with Crippen LogP contribution in [0.3, 0.4) is 0 Å². The smallest absolute Gasteiger partial charge is 0.324 e. The van der Waals surface area contributed by atoms with Gasteiger partial charge in [-0.05, 0) is 42.7 Å². The maximum atomic E-state index is 13.9. The van der Waals surface area contributed by atoms with Crippen LogP contribution in [-0.2, 0) is 10.2 Å². The third-order valence-electron chi connectivity index (χ3n) is 5.89. The molecule has 1 aliphatic rings. The van der Waals surface area contributed by atoms with Gasteiger partial charge in [-0.2, -0.15) is 5.10 Å². The van der Waals surface area contributed by atoms with Crippen molar-refractivity contribution in [1.82, 2.24) is 14.8 Å². The van der Waals surface area contributed by atoms with E-state index in [4.69, 9.17) is 9.47 Å². The number of pyridine rings is 1. The fraction of sp³-hybridized carbons (Fsp3) is 0.214. The molecule has 5 rings (SSSR count). The number of ether oxygens (including phenoxy) is 2. The van der Waals surface area contributed by atoms with Crippen LogP contribution in [0.2, 0.25) is 0 Å². The van der Waals surface area contributed by atoms with Crippen molar-refractivity contribution in [3.8, 4) is 22.9 Å². The quantitative estimate of drug-likeness (QED) is 0.240. The van der Waals surface area contributed by atoms with E-state index in [0.717, 1.165) is 10.6 Å². The van der Waals surface area contributed by atoms with Crippen molar-refractivity contribution in [2.75, 3.05) is 28.8 Å². The van der Waals surface area contributed by atoms with Crippen molar-refractivity contribution in [3.05, 3.63) is 72.3 Å². The molecule has 0 saturated heterocycles. The molecule has 3 N–H and O–H groups in total. The van der Waals surface area contributed by atoms with E-state index in [0.29, 0.717) is 40.3 Å². The largest absolute Gasteiger partial charge is 0.476 e. The summed E-state index contributed by atoms with van der Waals surface area (Å²) in [4.78, 5) is 29.5. The molecule has 0 atom stereocenters. The lowest BCUT2D eigenvalue weighted by Gasteiger charge is -2.19. The number of carbonyl (C=O) groups is 2. The summed E-state index contributed by atoms with van der Waals surface area (Å²) in [5, 5.41) is 13.0. The number of aromatic nitrogens is 3. The van der Waals surface area contributed by atoms with Gasteiger partial charge in [0.1, 0.15) is 17.4 Å². The first kappa shape index (κ1) is 27.0. The Hall–Kier alpha value is -4.58. The van der Waals surface area contributed by atoms with Gasteiger partial charge in [-0.1, -0.05) is 26.8 Å². The molecule has 3 amide bonds. The van der Waals surface area contributed by atoms with Gasteiger partial charge in [-0.25, -0.2) is 18.9 Å². The fourth-order valence-corrected chi connectivity index (χ4v) is 4.49. The van der Waals surface area contributed by atoms with Gasteiger partial charge in [0.05, 0.1) is 17.1 Å². The molecule has 0 fully saturated rings. The highest BCUT2D eigenvalue weighted by molar-refractivity contribution is 7.98. The van der Waals surface area contributed by atoms with Crippen molar-refractivity contribution in [3.63, 3.8) is 0 Å². The van der Waals surface area contributed by atoms with Crippen LogP contribution in [0, 0.1) is 5.82 Å². The summed E-state index contributed by atoms with van der Waals surface area (Å²) in [6.45, 7) is 5.90. The molecule has 0 radical (unpaired) electrons. The van der Waals surface area contributed by atoms with Crippen LogP contribution in [0.4, 0.5) is 26.5 Å². The Labute approximate surface area is 234 Å². The average molecular weight is 563 g/mol. The number of hydrogen-bond donors (Lipinski definition) is 3. The van der Waals surface area contributed by atoms with E-state index in [1.165, 1.54) is 34.8 Å². The maximum Gasteiger partial charge on any atom is 0.324 e. The van der Waals surface area contributed by atoms with Gasteiger partial charge in [-0.15, -0.1) is 11.8 Å². The predicted octanol–water partition coefficient (Wildman–Crippen LogP) is 6.19. The molecule has 4 aromatic rings. The monoisotopic (exact) mass is 562 g/mol. The van der Waals surface area contributed by atoms with Crippen molar-refractivity contribution in [2.45, 2.75) is 31.1 Å². The first-order valence-corrected chi connectivity index (χ1v) is 13.6. The lowest BCUT2D eigenvalue weighted by Crippen LogP contribution is -2.26. The Morgan fingerprint density at radius 1 is 1.15 bits per heavy atom. The summed E-state index contributed by atoms with van der Waals surface area (Å²) in [5.41, 5.74) is 1.49. The molecule has 2 aromatic carbocycles. The number of nitrogens with zero attached hydrogens (tertiary/aromatic N) is 3. The van der Waals surface area contributed by atoms with Gasteiger partial charge in [0.25, 0.3) is 5.91 Å². The van der Waals surface area contributed by atoms with E-state index in [1.807, 2.05) is 27.0 Å². The van der Waals surface area contributed by atoms with E-state index in [9.17, 15) is 14.0 Å². The van der Waals surface area contributed by atoms with Crippen molar-refractivity contribution >= 4 is 41.0 Å². The molecule has 12 heteroatoms. The van der Waals surface area contributed by atoms with Gasteiger partial charge < -0.3 is 20.1 Å². The molecule has 10 nitrogen and oxygen atoms in total. The van der Waals surface area contributed by atoms with Crippen LogP contribution in [0.5, 0.6) is 17.2 Å². The number of halogens is 1. The fourth-order valence-electron chi connectivity index (χ4n) is 3.92. The van der Waals surface area contributed by atoms with Crippen LogP contribution in [0.15, 0.2) is 65.7 Å². The number of anilines is 3. The van der Waals surface area contributed by atoms with Crippen molar-refractivity contribution < 1.29 is 23.5 Å². The Balaban J connectivity index is 1.35. The van der Waals surface area contributed by atoms with Crippen LogP contribution in [0.25, 0.3) is 5.69 Å². The highest BCUT2D eigenvalue weighted by Gasteiger charge is 2.23. The second-order valence-electron chi connectivity index (χ2n) is 9.92. The number of benzene rings is 2. The standard InChI is InChI=1S/C28H27FN6O4S/c1-28(2,3)22-14-23(35(34-22)17-7-5-6-16(29)12-17)32-27(37)31-19-9-8-18(13-21(19)40-4)39-20-10-11-30-26-25(20)38-15-24(36)33-26/h5-14H,15H2,1-4H3,(H,30,33,36)(H2,31,32,37). The minimum absolute atomic E-state index is 0.127. The van der Waals surface area contributed by atoms with E-state index in [2.05, 4.69) is 26.0 Å². The third kappa shape index (κ3) is 5.86. The third-order valence-corrected chi connectivity index (χ3v) is 6.67. The zero-order valence-corrected chi connectivity index (χ0v) is 23.1. The minimum Gasteiger partial charge on any atom is -0.476 e. The zero-order chi connectivity index (χ0) is 28.4. The highest BCUT2D eigenvalue weighted by Crippen LogP contribution is 2.39. The van der Waals surface area contributed by atoms with Crippen molar-refractivity contribution in [1.29, 1.82) is 0 Å². The summed E-state index contributed by atoms with van der Waals surface area (Å²) >= 11 is 1.42. The number of hydrogen-bond acceptors (Lipinski definition) is 7. The summed E-state index contributed by atoms with van der Waals surface area (Å²) in [5.74, 6) is 1.24. The molecule has 206 valence electrons. The molecule has 0 unspecified atom stereocenters. The Morgan fingerprint density at radius 2 is 1.98 bits per heavy atom. The number of thioether (sulfide) groups is 1. The molecule has 1 aliphatic heterocycles. The van der Waals surface area contributed by atoms with Gasteiger partial charge in [0.2, 0.25) is 5.75 Å². The SMILES string of the molecule is CSc1cc(Oc2ccnc3c2OCC(=O)N3)ccc1NC(=O)Nc1cc(C(C)(C)C)nn1-c1cccc(F)c1. The normalized spacial score (nSPS) is 12.7. The van der Waals surface area contributed by atoms with Gasteiger partial charge >= 0.3 is 6.03 Å². The highest BCUT2D eigenvalue weighted by atomic mass is 32.2. The Bertz CT molecular complexity index is 1600. The second kappa shape index (κ2) is 10.9. The van der Waals surface area contributed by atoms with Gasteiger partial charge in [-0.3, -0.25) is 10.1 Å². The lowest BCUT2D eigenvalue weighted by molar-refractivity contribution is -0.118. The molecular formula is C28H27FN6O4S. The Kier molecular flexibility index (Phi) is 7.35. The van der Waals surface area contributed by atoms with Gasteiger partial charge in [0.15, 0.2) is 18.2 Å². The number of urea groups is 1. The topological polar surface area (TPSA) is 119 Å². The first-order valence-electron chi connectivity index (χ1n) is 12.3. The van der Waals surface area contributed by atoms with Crippen LogP contribution in [-0.4, -0.2) is 39.6 Å². The maximum absolute atomic E-state index is 13.9. The van der Waals surface area contributed by atoms with Crippen LogP contribution < -0.4 is 25.4 Å². The number of rotatable bonds is 6. The molecule has 0 spiro atoms. The van der Waals surface area contributed by atoms with Crippen molar-refractivity contribution in [2.24, 2.45) is 0 Å². The van der Waals surface area contributed by atoms with Crippen LogP contribution in [0.1, 0.15) is 26.5 Å². The number of carbonyl (C=O) groups excluding carboxylic acids is 2. The summed E-state index contributed by atoms with van der Waals surface area (Å²) in [7, 11) is 0. The average Bonchev–Trinajstić information content (AvgIpc) is 3.34. The summed E-state index contributed by atoms with van der Waals surface area (Å²) < 4.78 is 27.0. The minimum atomic E-state index is -0.491. The lowest BCUT2D eigenvalue weighted by atomic mass is 9.92. The number of nitrogens with one attached hydrogen (secondary N) is 3. The first-order chi connectivity index (χ1) is 19.1. The zero-order valence-electron chi connectivity index (χ0n) is 22.2. The molecule has 0 bridgehead atoms. The Morgan fingerprint density at radius 3 is 2.73 bits per heavy atom. The van der Waals surface area contributed by atoms with Crippen LogP contribution >= 0.6 is 11.8 Å².